The summed E-state index contributed by atoms with van der Waals surface area (Å²) in [6.07, 6.45) is 3.07. The van der Waals surface area contributed by atoms with Crippen molar-refractivity contribution in [2.75, 3.05) is 17.2 Å². The highest BCUT2D eigenvalue weighted by Crippen LogP contribution is 2.35. The molecule has 0 saturated heterocycles. The van der Waals surface area contributed by atoms with Crippen molar-refractivity contribution in [3.05, 3.63) is 113 Å². The average Bonchev–Trinajstić information content (AvgIpc) is 3.65. The number of benzene rings is 2. The molecule has 0 saturated carbocycles. The van der Waals surface area contributed by atoms with Crippen LogP contribution < -0.4 is 32.1 Å². The van der Waals surface area contributed by atoms with Crippen LogP contribution in [0.5, 0.6) is 5.88 Å². The Bertz CT molecular complexity index is 2230. The van der Waals surface area contributed by atoms with E-state index in [-0.39, 0.29) is 52.6 Å². The number of nitrogens with two attached hydrogens (primary N) is 1. The summed E-state index contributed by atoms with van der Waals surface area (Å²) in [5, 5.41) is 25.3. The van der Waals surface area contributed by atoms with Crippen LogP contribution in [0.3, 0.4) is 0 Å². The number of aromatic carboxylic acids is 1. The summed E-state index contributed by atoms with van der Waals surface area (Å²) >= 11 is 0. The van der Waals surface area contributed by atoms with E-state index in [0.29, 0.717) is 37.9 Å². The molecular formula is C33H29N7O7. The molecule has 0 unspecified atom stereocenters. The monoisotopic (exact) mass is 635 g/mol. The molecule has 2 aromatic heterocycles. The van der Waals surface area contributed by atoms with Crippen LogP contribution in [0.15, 0.2) is 52.2 Å². The smallest absolute Gasteiger partial charge is 0.335 e. The van der Waals surface area contributed by atoms with E-state index in [9.17, 15) is 34.2 Å². The van der Waals surface area contributed by atoms with E-state index in [2.05, 4.69) is 20.6 Å². The second-order valence-corrected chi connectivity index (χ2v) is 11.8. The number of aromatic nitrogens is 3. The van der Waals surface area contributed by atoms with Gasteiger partial charge in [0.15, 0.2) is 0 Å². The predicted octanol–water partition coefficient (Wildman–Crippen LogP) is 1.53. The molecule has 0 bridgehead atoms. The van der Waals surface area contributed by atoms with Crippen LogP contribution in [-0.4, -0.2) is 48.9 Å². The lowest BCUT2D eigenvalue weighted by Gasteiger charge is -2.32. The number of nitrogen functional groups attached to an aromatic ring is 1. The van der Waals surface area contributed by atoms with Crippen LogP contribution in [0.25, 0.3) is 5.78 Å². The normalized spacial score (nSPS) is 15.4. The molecule has 238 valence electrons. The molecule has 5 aromatic rings. The molecule has 3 aromatic carbocycles. The zero-order valence-electron chi connectivity index (χ0n) is 25.2. The Kier molecular flexibility index (Phi) is 6.99. The standard InChI is InChI=1S/C33H29N7O7/c1-15-19-6-7-22(21(19)5-4-20(15)32(46)47)36-31(45)24-11-23(37-33-38-25(41)14-40(24)33)30(44)35-12-16-2-3-17-8-9-39(13-18(17)10-16)27-26(34)28(42)29(27)43/h2-5,10-11,14,22,41H,6-9,12-13,34H2,1H3,(H,35,44)(H,36,45)(H,46,47)/t22-/m0/s1. The topological polar surface area (TPSA) is 209 Å². The summed E-state index contributed by atoms with van der Waals surface area (Å²) in [7, 11) is 0. The maximum Gasteiger partial charge on any atom is 0.335 e. The Morgan fingerprint density at radius 1 is 1.02 bits per heavy atom. The number of carboxylic acid groups (broad SMARTS) is 1. The quantitative estimate of drug-likeness (QED) is 0.162. The molecule has 14 heteroatoms. The number of carbonyl (C=O) groups is 3. The fourth-order valence-corrected chi connectivity index (χ4v) is 6.63. The van der Waals surface area contributed by atoms with Gasteiger partial charge in [0, 0.05) is 19.6 Å². The fourth-order valence-electron chi connectivity index (χ4n) is 6.63. The SMILES string of the molecule is Cc1c(C(=O)O)ccc2c1CC[C@@H]2NC(=O)c1cc(C(=O)NCc2ccc3c(c2)CN(c2c(N)c(=O)c2=O)CC3)nc2nc(O)cn12. The van der Waals surface area contributed by atoms with Crippen molar-refractivity contribution >= 4 is 34.9 Å². The highest BCUT2D eigenvalue weighted by atomic mass is 16.4. The van der Waals surface area contributed by atoms with Gasteiger partial charge in [-0.15, -0.1) is 0 Å². The van der Waals surface area contributed by atoms with Gasteiger partial charge in [-0.1, -0.05) is 24.3 Å². The van der Waals surface area contributed by atoms with Gasteiger partial charge in [0.2, 0.25) is 11.7 Å². The largest absolute Gasteiger partial charge is 0.492 e. The van der Waals surface area contributed by atoms with Gasteiger partial charge >= 0.3 is 5.97 Å². The van der Waals surface area contributed by atoms with Crippen molar-refractivity contribution in [3.63, 3.8) is 0 Å². The van der Waals surface area contributed by atoms with Crippen molar-refractivity contribution in [1.82, 2.24) is 25.0 Å². The van der Waals surface area contributed by atoms with Gasteiger partial charge in [0.1, 0.15) is 22.8 Å². The minimum absolute atomic E-state index is 0.0114. The van der Waals surface area contributed by atoms with Crippen molar-refractivity contribution in [1.29, 1.82) is 0 Å². The molecule has 7 rings (SSSR count). The van der Waals surface area contributed by atoms with Crippen LogP contribution in [0.1, 0.15) is 77.2 Å². The number of carboxylic acids is 1. The average molecular weight is 636 g/mol. The first-order chi connectivity index (χ1) is 22.5. The summed E-state index contributed by atoms with van der Waals surface area (Å²) in [4.78, 5) is 72.1. The third-order valence-electron chi connectivity index (χ3n) is 9.10. The Morgan fingerprint density at radius 3 is 2.60 bits per heavy atom. The van der Waals surface area contributed by atoms with Crippen molar-refractivity contribution in [2.45, 2.75) is 45.3 Å². The molecule has 1 aliphatic heterocycles. The molecule has 47 heavy (non-hydrogen) atoms. The van der Waals surface area contributed by atoms with Crippen LogP contribution in [0, 0.1) is 6.92 Å². The van der Waals surface area contributed by atoms with E-state index in [1.54, 1.807) is 17.9 Å². The van der Waals surface area contributed by atoms with Gasteiger partial charge in [-0.3, -0.25) is 23.6 Å². The highest BCUT2D eigenvalue weighted by molar-refractivity contribution is 5.98. The number of aromatic hydroxyl groups is 1. The first-order valence-electron chi connectivity index (χ1n) is 15.0. The van der Waals surface area contributed by atoms with Gasteiger partial charge in [-0.05, 0) is 71.7 Å². The van der Waals surface area contributed by atoms with Crippen LogP contribution >= 0.6 is 0 Å². The van der Waals surface area contributed by atoms with Crippen molar-refractivity contribution in [2.24, 2.45) is 0 Å². The third kappa shape index (κ3) is 5.03. The number of hydrogen-bond donors (Lipinski definition) is 5. The summed E-state index contributed by atoms with van der Waals surface area (Å²) in [5.74, 6) is -2.52. The molecule has 0 spiro atoms. The molecule has 0 fully saturated rings. The fraction of sp³-hybridized carbons (Fsp3) is 0.242. The molecule has 14 nitrogen and oxygen atoms in total. The summed E-state index contributed by atoms with van der Waals surface area (Å²) in [6.45, 7) is 2.85. The Hall–Kier alpha value is -6.05. The molecule has 1 aliphatic carbocycles. The number of anilines is 2. The van der Waals surface area contributed by atoms with Crippen LogP contribution in [-0.2, 0) is 25.9 Å². The second-order valence-electron chi connectivity index (χ2n) is 11.8. The summed E-state index contributed by atoms with van der Waals surface area (Å²) in [5.41, 5.74) is 10.2. The Labute approximate surface area is 266 Å². The Morgan fingerprint density at radius 2 is 1.83 bits per heavy atom. The van der Waals surface area contributed by atoms with Gasteiger partial charge in [-0.2, -0.15) is 4.98 Å². The molecule has 6 N–H and O–H groups in total. The molecule has 2 aliphatic rings. The van der Waals surface area contributed by atoms with E-state index < -0.39 is 28.6 Å². The predicted molar refractivity (Wildman–Crippen MR) is 169 cm³/mol. The number of amides is 2. The van der Waals surface area contributed by atoms with E-state index >= 15 is 0 Å². The van der Waals surface area contributed by atoms with Gasteiger partial charge in [0.05, 0.1) is 17.8 Å². The maximum atomic E-state index is 13.6. The van der Waals surface area contributed by atoms with Crippen molar-refractivity contribution in [3.8, 4) is 5.88 Å². The number of nitrogens with zero attached hydrogens (tertiary/aromatic N) is 4. The number of carbonyl (C=O) groups excluding carboxylic acids is 2. The molecule has 2 amide bonds. The van der Waals surface area contributed by atoms with Gasteiger partial charge < -0.3 is 31.5 Å². The number of hydrogen-bond acceptors (Lipinski definition) is 10. The number of imidazole rings is 1. The lowest BCUT2D eigenvalue weighted by molar-refractivity contribution is 0.0695. The summed E-state index contributed by atoms with van der Waals surface area (Å²) in [6, 6.07) is 9.97. The lowest BCUT2D eigenvalue weighted by atomic mass is 9.96. The van der Waals surface area contributed by atoms with E-state index in [0.717, 1.165) is 27.8 Å². The van der Waals surface area contributed by atoms with Crippen LogP contribution in [0.2, 0.25) is 0 Å². The number of fused-ring (bicyclic) bond motifs is 3. The molecular weight excluding hydrogens is 606 g/mol. The first kappa shape index (κ1) is 29.6. The maximum absolute atomic E-state index is 13.6. The zero-order valence-corrected chi connectivity index (χ0v) is 25.2. The number of nitrogens with one attached hydrogen (secondary N) is 2. The van der Waals surface area contributed by atoms with E-state index in [1.165, 1.54) is 22.7 Å². The van der Waals surface area contributed by atoms with Gasteiger partial charge in [-0.25, -0.2) is 9.78 Å². The summed E-state index contributed by atoms with van der Waals surface area (Å²) < 4.78 is 1.30. The zero-order chi connectivity index (χ0) is 33.1. The van der Waals surface area contributed by atoms with Crippen molar-refractivity contribution < 1.29 is 24.6 Å². The molecule has 1 atom stereocenters. The minimum atomic E-state index is -1.01. The highest BCUT2D eigenvalue weighted by Gasteiger charge is 2.30. The van der Waals surface area contributed by atoms with E-state index in [1.807, 2.05) is 18.2 Å². The lowest BCUT2D eigenvalue weighted by Crippen LogP contribution is -2.44. The van der Waals surface area contributed by atoms with Gasteiger partial charge in [0.25, 0.3) is 22.7 Å². The Balaban J connectivity index is 1.09. The van der Waals surface area contributed by atoms with E-state index in [4.69, 9.17) is 5.73 Å². The third-order valence-corrected chi connectivity index (χ3v) is 9.10. The minimum Gasteiger partial charge on any atom is -0.492 e. The molecule has 0 radical (unpaired) electrons. The van der Waals surface area contributed by atoms with Crippen LogP contribution in [0.4, 0.5) is 11.4 Å². The number of rotatable bonds is 7. The molecule has 3 heterocycles. The second kappa shape index (κ2) is 11.1. The first-order valence-corrected chi connectivity index (χ1v) is 15.0.